The van der Waals surface area contributed by atoms with Gasteiger partial charge < -0.3 is 5.11 Å². The molecule has 18 heavy (non-hydrogen) atoms. The van der Waals surface area contributed by atoms with Crippen molar-refractivity contribution in [3.8, 4) is 0 Å². The molecule has 0 fully saturated rings. The molecule has 0 aliphatic rings. The summed E-state index contributed by atoms with van der Waals surface area (Å²) in [7, 11) is -3.47. The first-order valence-electron chi connectivity index (χ1n) is 5.27. The average molecular weight is 267 g/mol. The van der Waals surface area contributed by atoms with Crippen molar-refractivity contribution in [1.82, 2.24) is 10.2 Å². The minimum atomic E-state index is -3.47. The second-order valence-corrected chi connectivity index (χ2v) is 5.55. The molecule has 6 nitrogen and oxygen atoms in total. The molecule has 0 aliphatic heterocycles. The quantitative estimate of drug-likeness (QED) is 0.748. The molecular formula is C11H13N3O3S. The number of H-pyrrole nitrogens is 1. The van der Waals surface area contributed by atoms with Crippen molar-refractivity contribution in [3.05, 3.63) is 47.8 Å². The smallest absolute Gasteiger partial charge is 0.237 e. The van der Waals surface area contributed by atoms with Crippen LogP contribution in [0.25, 0.3) is 0 Å². The first kappa shape index (κ1) is 12.6. The van der Waals surface area contributed by atoms with Crippen LogP contribution in [0.1, 0.15) is 11.1 Å². The lowest BCUT2D eigenvalue weighted by Crippen LogP contribution is -2.14. The maximum absolute atomic E-state index is 11.9. The van der Waals surface area contributed by atoms with Gasteiger partial charge in [0.05, 0.1) is 24.2 Å². The summed E-state index contributed by atoms with van der Waals surface area (Å²) in [4.78, 5) is 0. The Morgan fingerprint density at radius 3 is 2.78 bits per heavy atom. The van der Waals surface area contributed by atoms with Crippen molar-refractivity contribution in [2.45, 2.75) is 12.4 Å². The van der Waals surface area contributed by atoms with E-state index in [0.29, 0.717) is 16.8 Å². The molecule has 0 aliphatic carbocycles. The van der Waals surface area contributed by atoms with Crippen LogP contribution >= 0.6 is 0 Å². The van der Waals surface area contributed by atoms with Crippen LogP contribution in [0.3, 0.4) is 0 Å². The van der Waals surface area contributed by atoms with Gasteiger partial charge in [-0.1, -0.05) is 24.3 Å². The van der Waals surface area contributed by atoms with Gasteiger partial charge in [-0.2, -0.15) is 5.10 Å². The summed E-state index contributed by atoms with van der Waals surface area (Å²) < 4.78 is 26.1. The summed E-state index contributed by atoms with van der Waals surface area (Å²) in [5, 5.41) is 15.2. The zero-order valence-electron chi connectivity index (χ0n) is 9.50. The van der Waals surface area contributed by atoms with Gasteiger partial charge in [-0.3, -0.25) is 9.82 Å². The van der Waals surface area contributed by atoms with Gasteiger partial charge in [-0.15, -0.1) is 0 Å². The molecule has 0 bridgehead atoms. The zero-order valence-corrected chi connectivity index (χ0v) is 10.3. The third kappa shape index (κ3) is 3.31. The highest BCUT2D eigenvalue weighted by molar-refractivity contribution is 7.91. The summed E-state index contributed by atoms with van der Waals surface area (Å²) in [5.41, 5.74) is 1.71. The van der Waals surface area contributed by atoms with E-state index in [-0.39, 0.29) is 12.4 Å². The van der Waals surface area contributed by atoms with Crippen LogP contribution in [0, 0.1) is 0 Å². The van der Waals surface area contributed by atoms with Gasteiger partial charge in [0.2, 0.25) is 10.0 Å². The first-order chi connectivity index (χ1) is 8.59. The lowest BCUT2D eigenvalue weighted by Gasteiger charge is -2.06. The Hall–Kier alpha value is -1.86. The van der Waals surface area contributed by atoms with Crippen molar-refractivity contribution in [2.24, 2.45) is 0 Å². The van der Waals surface area contributed by atoms with Crippen molar-refractivity contribution < 1.29 is 13.5 Å². The summed E-state index contributed by atoms with van der Waals surface area (Å²) in [6.45, 7) is -0.108. The molecule has 96 valence electrons. The minimum absolute atomic E-state index is 0.108. The SMILES string of the molecule is O=S(=O)(Cc1cccc(CO)c1)Nc1cn[nH]c1. The van der Waals surface area contributed by atoms with E-state index in [2.05, 4.69) is 14.9 Å². The van der Waals surface area contributed by atoms with Gasteiger partial charge in [0.1, 0.15) is 0 Å². The third-order valence-corrected chi connectivity index (χ3v) is 3.56. The number of hydrogen-bond acceptors (Lipinski definition) is 4. The fourth-order valence-corrected chi connectivity index (χ4v) is 2.72. The lowest BCUT2D eigenvalue weighted by atomic mass is 10.1. The number of aliphatic hydroxyl groups excluding tert-OH is 1. The van der Waals surface area contributed by atoms with Crippen LogP contribution in [0.2, 0.25) is 0 Å². The molecule has 3 N–H and O–H groups in total. The molecule has 0 atom stereocenters. The lowest BCUT2D eigenvalue weighted by molar-refractivity contribution is 0.282. The van der Waals surface area contributed by atoms with Gasteiger partial charge >= 0.3 is 0 Å². The molecule has 1 heterocycles. The molecule has 1 aromatic carbocycles. The molecule has 0 amide bonds. The molecule has 0 unspecified atom stereocenters. The Bertz CT molecular complexity index is 608. The van der Waals surface area contributed by atoms with E-state index in [4.69, 9.17) is 5.11 Å². The van der Waals surface area contributed by atoms with Crippen LogP contribution in [0.5, 0.6) is 0 Å². The maximum Gasteiger partial charge on any atom is 0.237 e. The summed E-state index contributed by atoms with van der Waals surface area (Å²) >= 11 is 0. The topological polar surface area (TPSA) is 95.1 Å². The van der Waals surface area contributed by atoms with Crippen LogP contribution in [-0.2, 0) is 22.4 Å². The number of benzene rings is 1. The fourth-order valence-electron chi connectivity index (χ4n) is 1.56. The summed E-state index contributed by atoms with van der Waals surface area (Å²) in [6, 6.07) is 6.82. The number of aromatic nitrogens is 2. The minimum Gasteiger partial charge on any atom is -0.392 e. The number of sulfonamides is 1. The van der Waals surface area contributed by atoms with Gasteiger partial charge in [0.25, 0.3) is 0 Å². The molecule has 0 saturated heterocycles. The maximum atomic E-state index is 11.9. The Labute approximate surface area is 105 Å². The van der Waals surface area contributed by atoms with Crippen molar-refractivity contribution >= 4 is 15.7 Å². The predicted molar refractivity (Wildman–Crippen MR) is 67.2 cm³/mol. The Morgan fingerprint density at radius 2 is 2.11 bits per heavy atom. The molecule has 0 spiro atoms. The van der Waals surface area contributed by atoms with Gasteiger partial charge in [-0.05, 0) is 11.1 Å². The van der Waals surface area contributed by atoms with Gasteiger partial charge in [0, 0.05) is 6.20 Å². The number of aliphatic hydroxyl groups is 1. The van der Waals surface area contributed by atoms with Crippen LogP contribution < -0.4 is 4.72 Å². The number of hydrogen-bond donors (Lipinski definition) is 3. The largest absolute Gasteiger partial charge is 0.392 e. The van der Waals surface area contributed by atoms with Gasteiger partial charge in [-0.25, -0.2) is 8.42 Å². The van der Waals surface area contributed by atoms with Gasteiger partial charge in [0.15, 0.2) is 0 Å². The Morgan fingerprint density at radius 1 is 1.33 bits per heavy atom. The average Bonchev–Trinajstić information content (AvgIpc) is 2.80. The highest BCUT2D eigenvalue weighted by Gasteiger charge is 2.12. The first-order valence-corrected chi connectivity index (χ1v) is 6.92. The monoisotopic (exact) mass is 267 g/mol. The number of nitrogens with one attached hydrogen (secondary N) is 2. The van der Waals surface area contributed by atoms with E-state index < -0.39 is 10.0 Å². The molecule has 0 radical (unpaired) electrons. The number of rotatable bonds is 5. The highest BCUT2D eigenvalue weighted by Crippen LogP contribution is 2.12. The van der Waals surface area contributed by atoms with E-state index in [0.717, 1.165) is 0 Å². The Kier molecular flexibility index (Phi) is 3.63. The molecule has 7 heteroatoms. The normalized spacial score (nSPS) is 11.4. The van der Waals surface area contributed by atoms with E-state index in [9.17, 15) is 8.42 Å². The zero-order chi connectivity index (χ0) is 13.0. The molecule has 2 aromatic rings. The van der Waals surface area contributed by atoms with Crippen LogP contribution in [0.4, 0.5) is 5.69 Å². The van der Waals surface area contributed by atoms with Crippen molar-refractivity contribution in [1.29, 1.82) is 0 Å². The Balaban J connectivity index is 2.12. The predicted octanol–water partition coefficient (Wildman–Crippen LogP) is 0.844. The van der Waals surface area contributed by atoms with E-state index in [1.165, 1.54) is 12.4 Å². The number of aromatic amines is 1. The van der Waals surface area contributed by atoms with E-state index in [1.807, 2.05) is 0 Å². The second-order valence-electron chi connectivity index (χ2n) is 3.83. The van der Waals surface area contributed by atoms with E-state index >= 15 is 0 Å². The molecule has 0 saturated carbocycles. The molecule has 1 aromatic heterocycles. The highest BCUT2D eigenvalue weighted by atomic mass is 32.2. The van der Waals surface area contributed by atoms with Crippen molar-refractivity contribution in [2.75, 3.05) is 4.72 Å². The fraction of sp³-hybridized carbons (Fsp3) is 0.182. The number of nitrogens with zero attached hydrogens (tertiary/aromatic N) is 1. The van der Waals surface area contributed by atoms with Crippen molar-refractivity contribution in [3.63, 3.8) is 0 Å². The summed E-state index contributed by atoms with van der Waals surface area (Å²) in [5.74, 6) is -0.147. The third-order valence-electron chi connectivity index (χ3n) is 2.30. The molecular weight excluding hydrogens is 254 g/mol. The second kappa shape index (κ2) is 5.19. The van der Waals surface area contributed by atoms with E-state index in [1.54, 1.807) is 24.3 Å². The number of anilines is 1. The summed E-state index contributed by atoms with van der Waals surface area (Å²) in [6.07, 6.45) is 2.85. The standard InChI is InChI=1S/C11H13N3O3S/c15-7-9-2-1-3-10(4-9)8-18(16,17)14-11-5-12-13-6-11/h1-6,14-15H,7-8H2,(H,12,13). The molecule has 2 rings (SSSR count). The van der Waals surface area contributed by atoms with Crippen LogP contribution in [0.15, 0.2) is 36.7 Å². The van der Waals surface area contributed by atoms with Crippen LogP contribution in [-0.4, -0.2) is 23.7 Å².